The number of aliphatic hydroxyl groups excluding tert-OH is 1. The topological polar surface area (TPSA) is 63.4 Å². The standard InChI is InChI=1S/C8H7BrClNO3/c9-4-8(12)6-3-5(11(13)14)1-2-7(6)10/h1-3,8,12H,4H2. The van der Waals surface area contributed by atoms with Gasteiger partial charge in [0.25, 0.3) is 5.69 Å². The van der Waals surface area contributed by atoms with E-state index in [4.69, 9.17) is 11.6 Å². The van der Waals surface area contributed by atoms with Gasteiger partial charge in [0.2, 0.25) is 0 Å². The number of hydrogen-bond donors (Lipinski definition) is 1. The van der Waals surface area contributed by atoms with Crippen molar-refractivity contribution in [1.29, 1.82) is 0 Å². The van der Waals surface area contributed by atoms with Crippen LogP contribution in [0.4, 0.5) is 5.69 Å². The van der Waals surface area contributed by atoms with E-state index in [0.717, 1.165) is 0 Å². The van der Waals surface area contributed by atoms with Gasteiger partial charge in [0.05, 0.1) is 11.0 Å². The first-order valence-corrected chi connectivity index (χ1v) is 5.24. The van der Waals surface area contributed by atoms with Gasteiger partial charge in [-0.3, -0.25) is 10.1 Å². The highest BCUT2D eigenvalue weighted by Gasteiger charge is 2.15. The molecule has 6 heteroatoms. The quantitative estimate of drug-likeness (QED) is 0.526. The van der Waals surface area contributed by atoms with Gasteiger partial charge in [0.1, 0.15) is 0 Å². The zero-order valence-corrected chi connectivity index (χ0v) is 9.33. The molecule has 0 amide bonds. The zero-order chi connectivity index (χ0) is 10.7. The summed E-state index contributed by atoms with van der Waals surface area (Å²) in [4.78, 5) is 9.92. The van der Waals surface area contributed by atoms with Crippen LogP contribution in [0.15, 0.2) is 18.2 Å². The SMILES string of the molecule is O=[N+]([O-])c1ccc(Cl)c(C(O)CBr)c1. The van der Waals surface area contributed by atoms with Crippen molar-refractivity contribution in [2.24, 2.45) is 0 Å². The van der Waals surface area contributed by atoms with Gasteiger partial charge in [-0.25, -0.2) is 0 Å². The molecule has 1 N–H and O–H groups in total. The monoisotopic (exact) mass is 279 g/mol. The number of halogens is 2. The Balaban J connectivity index is 3.14. The van der Waals surface area contributed by atoms with Crippen molar-refractivity contribution < 1.29 is 10.0 Å². The molecule has 0 spiro atoms. The highest BCUT2D eigenvalue weighted by molar-refractivity contribution is 9.09. The maximum Gasteiger partial charge on any atom is 0.269 e. The fourth-order valence-corrected chi connectivity index (χ4v) is 1.58. The Hall–Kier alpha value is -0.650. The third-order valence-corrected chi connectivity index (χ3v) is 2.65. The van der Waals surface area contributed by atoms with E-state index in [1.54, 1.807) is 0 Å². The average molecular weight is 281 g/mol. The minimum Gasteiger partial charge on any atom is -0.387 e. The van der Waals surface area contributed by atoms with Gasteiger partial charge in [0, 0.05) is 28.0 Å². The van der Waals surface area contributed by atoms with E-state index < -0.39 is 11.0 Å². The molecule has 1 aromatic carbocycles. The lowest BCUT2D eigenvalue weighted by molar-refractivity contribution is -0.385. The van der Waals surface area contributed by atoms with E-state index in [9.17, 15) is 15.2 Å². The Morgan fingerprint density at radius 1 is 1.64 bits per heavy atom. The summed E-state index contributed by atoms with van der Waals surface area (Å²) in [7, 11) is 0. The predicted octanol–water partition coefficient (Wildman–Crippen LogP) is 2.68. The van der Waals surface area contributed by atoms with Crippen LogP contribution < -0.4 is 0 Å². The van der Waals surface area contributed by atoms with Crippen LogP contribution in [0.1, 0.15) is 11.7 Å². The van der Waals surface area contributed by atoms with Gasteiger partial charge in [-0.15, -0.1) is 0 Å². The Labute approximate surface area is 93.8 Å². The van der Waals surface area contributed by atoms with Crippen LogP contribution in [0.25, 0.3) is 0 Å². The summed E-state index contributed by atoms with van der Waals surface area (Å²) in [6, 6.07) is 3.97. The number of non-ortho nitro benzene ring substituents is 1. The van der Waals surface area contributed by atoms with Crippen LogP contribution >= 0.6 is 27.5 Å². The van der Waals surface area contributed by atoms with Crippen molar-refractivity contribution in [1.82, 2.24) is 0 Å². The van der Waals surface area contributed by atoms with E-state index in [1.807, 2.05) is 0 Å². The minimum atomic E-state index is -0.831. The van der Waals surface area contributed by atoms with Gasteiger partial charge >= 0.3 is 0 Å². The first-order valence-electron chi connectivity index (χ1n) is 3.74. The highest BCUT2D eigenvalue weighted by Crippen LogP contribution is 2.28. The summed E-state index contributed by atoms with van der Waals surface area (Å²) < 4.78 is 0. The molecule has 14 heavy (non-hydrogen) atoms. The zero-order valence-electron chi connectivity index (χ0n) is 6.98. The molecule has 1 unspecified atom stereocenters. The summed E-state index contributed by atoms with van der Waals surface area (Å²) in [5.74, 6) is 0. The average Bonchev–Trinajstić information content (AvgIpc) is 2.17. The number of aliphatic hydroxyl groups is 1. The number of rotatable bonds is 3. The molecule has 1 rings (SSSR count). The van der Waals surface area contributed by atoms with E-state index in [-0.39, 0.29) is 11.0 Å². The number of alkyl halides is 1. The molecule has 0 saturated heterocycles. The molecule has 0 heterocycles. The second kappa shape index (κ2) is 4.72. The van der Waals surface area contributed by atoms with Crippen LogP contribution in [-0.2, 0) is 0 Å². The maximum absolute atomic E-state index is 10.4. The molecule has 0 bridgehead atoms. The molecule has 0 aliphatic heterocycles. The van der Waals surface area contributed by atoms with E-state index in [0.29, 0.717) is 10.6 Å². The molecule has 1 aromatic rings. The number of benzene rings is 1. The molecule has 0 aromatic heterocycles. The van der Waals surface area contributed by atoms with Crippen LogP contribution in [-0.4, -0.2) is 15.4 Å². The van der Waals surface area contributed by atoms with E-state index in [1.165, 1.54) is 18.2 Å². The summed E-state index contributed by atoms with van der Waals surface area (Å²) in [6.45, 7) is 0. The van der Waals surface area contributed by atoms with Gasteiger partial charge < -0.3 is 5.11 Å². The summed E-state index contributed by atoms with van der Waals surface area (Å²) >= 11 is 8.84. The molecule has 4 nitrogen and oxygen atoms in total. The molecule has 1 atom stereocenters. The third-order valence-electron chi connectivity index (χ3n) is 1.70. The molecule has 0 fully saturated rings. The number of nitro groups is 1. The van der Waals surface area contributed by atoms with Crippen molar-refractivity contribution in [2.75, 3.05) is 5.33 Å². The second-order valence-electron chi connectivity index (χ2n) is 2.63. The van der Waals surface area contributed by atoms with Crippen LogP contribution in [0.3, 0.4) is 0 Å². The van der Waals surface area contributed by atoms with Crippen molar-refractivity contribution in [3.05, 3.63) is 38.9 Å². The Morgan fingerprint density at radius 3 is 2.79 bits per heavy atom. The fourth-order valence-electron chi connectivity index (χ4n) is 0.983. The van der Waals surface area contributed by atoms with Crippen molar-refractivity contribution >= 4 is 33.2 Å². The van der Waals surface area contributed by atoms with Gasteiger partial charge in [-0.05, 0) is 6.07 Å². The summed E-state index contributed by atoms with van der Waals surface area (Å²) in [5, 5.41) is 20.5. The number of hydrogen-bond acceptors (Lipinski definition) is 3. The van der Waals surface area contributed by atoms with Gasteiger partial charge in [-0.2, -0.15) is 0 Å². The van der Waals surface area contributed by atoms with Crippen LogP contribution in [0, 0.1) is 10.1 Å². The van der Waals surface area contributed by atoms with Crippen LogP contribution in [0.2, 0.25) is 5.02 Å². The Bertz CT molecular complexity index is 358. The molecule has 76 valence electrons. The first kappa shape index (κ1) is 11.4. The molecular formula is C8H7BrClNO3. The van der Waals surface area contributed by atoms with E-state index in [2.05, 4.69) is 15.9 Å². The fraction of sp³-hybridized carbons (Fsp3) is 0.250. The van der Waals surface area contributed by atoms with Gasteiger partial charge in [0.15, 0.2) is 0 Å². The molecule has 0 aliphatic carbocycles. The lowest BCUT2D eigenvalue weighted by Gasteiger charge is -2.08. The smallest absolute Gasteiger partial charge is 0.269 e. The van der Waals surface area contributed by atoms with Crippen molar-refractivity contribution in [3.8, 4) is 0 Å². The second-order valence-corrected chi connectivity index (χ2v) is 3.69. The predicted molar refractivity (Wildman–Crippen MR) is 56.9 cm³/mol. The third kappa shape index (κ3) is 2.43. The lowest BCUT2D eigenvalue weighted by atomic mass is 10.1. The summed E-state index contributed by atoms with van der Waals surface area (Å²) in [5.41, 5.74) is 0.280. The normalized spacial score (nSPS) is 12.5. The Kier molecular flexibility index (Phi) is 3.86. The minimum absolute atomic E-state index is 0.0793. The molecule has 0 radical (unpaired) electrons. The lowest BCUT2D eigenvalue weighted by Crippen LogP contribution is -2.00. The molecule has 0 saturated carbocycles. The van der Waals surface area contributed by atoms with E-state index >= 15 is 0 Å². The van der Waals surface area contributed by atoms with Gasteiger partial charge in [-0.1, -0.05) is 27.5 Å². The van der Waals surface area contributed by atoms with Crippen molar-refractivity contribution in [3.63, 3.8) is 0 Å². The number of nitro benzene ring substituents is 1. The number of nitrogens with zero attached hydrogens (tertiary/aromatic N) is 1. The highest BCUT2D eigenvalue weighted by atomic mass is 79.9. The largest absolute Gasteiger partial charge is 0.387 e. The van der Waals surface area contributed by atoms with Crippen LogP contribution in [0.5, 0.6) is 0 Å². The summed E-state index contributed by atoms with van der Waals surface area (Å²) in [6.07, 6.45) is -0.831. The maximum atomic E-state index is 10.4. The molecule has 0 aliphatic rings. The Morgan fingerprint density at radius 2 is 2.29 bits per heavy atom. The first-order chi connectivity index (χ1) is 6.56. The van der Waals surface area contributed by atoms with Crippen molar-refractivity contribution in [2.45, 2.75) is 6.10 Å². The molecular weight excluding hydrogens is 273 g/mol.